The van der Waals surface area contributed by atoms with Crippen molar-refractivity contribution in [3.63, 3.8) is 0 Å². The Bertz CT molecular complexity index is 235. The molecule has 0 atom stereocenters. The van der Waals surface area contributed by atoms with Gasteiger partial charge in [0.05, 0.1) is 5.56 Å². The van der Waals surface area contributed by atoms with Gasteiger partial charge >= 0.3 is 0 Å². The highest BCUT2D eigenvalue weighted by Crippen LogP contribution is 1.93. The Morgan fingerprint density at radius 2 is 1.93 bits per heavy atom. The third-order valence-electron chi connectivity index (χ3n) is 1.26. The molecular formula is C12H22N2O. The van der Waals surface area contributed by atoms with E-state index in [0.29, 0.717) is 12.1 Å². The lowest BCUT2D eigenvalue weighted by Gasteiger charge is -1.99. The second kappa shape index (κ2) is 12.6. The van der Waals surface area contributed by atoms with Crippen LogP contribution in [0, 0.1) is 0 Å². The van der Waals surface area contributed by atoms with Gasteiger partial charge < -0.3 is 5.32 Å². The number of hydrogen-bond donors (Lipinski definition) is 1. The zero-order chi connectivity index (χ0) is 12.1. The standard InChI is InChI=1S/C8H10N2O.2C2H6/c1-2-10-8(11)7-4-3-5-9-6-7;2*1-2/h3-6H,2H2,1H3,(H,10,11);2*1-2H3. The molecule has 0 aliphatic carbocycles. The van der Waals surface area contributed by atoms with Crippen molar-refractivity contribution in [1.29, 1.82) is 0 Å². The van der Waals surface area contributed by atoms with Crippen LogP contribution in [-0.2, 0) is 0 Å². The minimum Gasteiger partial charge on any atom is -0.352 e. The molecule has 15 heavy (non-hydrogen) atoms. The number of carbonyl (C=O) groups is 1. The van der Waals surface area contributed by atoms with Gasteiger partial charge in [-0.3, -0.25) is 9.78 Å². The van der Waals surface area contributed by atoms with Gasteiger partial charge in [-0.1, -0.05) is 27.7 Å². The monoisotopic (exact) mass is 210 g/mol. The van der Waals surface area contributed by atoms with Crippen molar-refractivity contribution < 1.29 is 4.79 Å². The normalized spacial score (nSPS) is 7.53. The van der Waals surface area contributed by atoms with E-state index < -0.39 is 0 Å². The maximum absolute atomic E-state index is 11.1. The Balaban J connectivity index is 0. The largest absolute Gasteiger partial charge is 0.352 e. The van der Waals surface area contributed by atoms with Gasteiger partial charge in [0.25, 0.3) is 5.91 Å². The van der Waals surface area contributed by atoms with Gasteiger partial charge in [-0.15, -0.1) is 0 Å². The minimum atomic E-state index is -0.0689. The number of nitrogens with zero attached hydrogens (tertiary/aromatic N) is 1. The van der Waals surface area contributed by atoms with Crippen molar-refractivity contribution in [2.45, 2.75) is 34.6 Å². The number of amides is 1. The van der Waals surface area contributed by atoms with Crippen LogP contribution in [0.2, 0.25) is 0 Å². The van der Waals surface area contributed by atoms with Gasteiger partial charge in [-0.05, 0) is 19.1 Å². The van der Waals surface area contributed by atoms with Crippen LogP contribution in [0.3, 0.4) is 0 Å². The maximum atomic E-state index is 11.1. The van der Waals surface area contributed by atoms with Crippen LogP contribution in [0.5, 0.6) is 0 Å². The highest BCUT2D eigenvalue weighted by molar-refractivity contribution is 5.93. The number of rotatable bonds is 2. The van der Waals surface area contributed by atoms with Crippen molar-refractivity contribution in [2.75, 3.05) is 6.54 Å². The molecule has 0 aliphatic heterocycles. The molecule has 3 nitrogen and oxygen atoms in total. The highest BCUT2D eigenvalue weighted by atomic mass is 16.1. The fraction of sp³-hybridized carbons (Fsp3) is 0.500. The van der Waals surface area contributed by atoms with Gasteiger partial charge in [0, 0.05) is 18.9 Å². The molecule has 0 spiro atoms. The lowest BCUT2D eigenvalue weighted by Crippen LogP contribution is -2.22. The zero-order valence-corrected chi connectivity index (χ0v) is 10.4. The molecule has 0 saturated carbocycles. The molecule has 0 fully saturated rings. The molecule has 1 aromatic heterocycles. The molecule has 1 N–H and O–H groups in total. The molecule has 3 heteroatoms. The second-order valence-electron chi connectivity index (χ2n) is 2.10. The quantitative estimate of drug-likeness (QED) is 0.815. The van der Waals surface area contributed by atoms with Crippen molar-refractivity contribution >= 4 is 5.91 Å². The highest BCUT2D eigenvalue weighted by Gasteiger charge is 2.00. The molecule has 1 amide bonds. The van der Waals surface area contributed by atoms with Gasteiger partial charge in [0.2, 0.25) is 0 Å². The Hall–Kier alpha value is -1.38. The third-order valence-corrected chi connectivity index (χ3v) is 1.26. The molecule has 1 aromatic rings. The van der Waals surface area contributed by atoms with Crippen molar-refractivity contribution in [3.8, 4) is 0 Å². The molecule has 1 rings (SSSR count). The molecule has 86 valence electrons. The van der Waals surface area contributed by atoms with Crippen LogP contribution < -0.4 is 5.32 Å². The van der Waals surface area contributed by atoms with Crippen molar-refractivity contribution in [1.82, 2.24) is 10.3 Å². The molecule has 1 heterocycles. The summed E-state index contributed by atoms with van der Waals surface area (Å²) in [6.45, 7) is 10.5. The lowest BCUT2D eigenvalue weighted by atomic mass is 10.3. The minimum absolute atomic E-state index is 0.0689. The first kappa shape index (κ1) is 16.1. The number of nitrogens with one attached hydrogen (secondary N) is 1. The van der Waals surface area contributed by atoms with Crippen LogP contribution >= 0.6 is 0 Å². The van der Waals surface area contributed by atoms with Gasteiger partial charge in [0.15, 0.2) is 0 Å². The van der Waals surface area contributed by atoms with E-state index in [1.165, 1.54) is 0 Å². The number of hydrogen-bond acceptors (Lipinski definition) is 2. The summed E-state index contributed by atoms with van der Waals surface area (Å²) in [6.07, 6.45) is 3.19. The summed E-state index contributed by atoms with van der Waals surface area (Å²) in [5, 5.41) is 2.68. The van der Waals surface area contributed by atoms with Crippen LogP contribution in [0.1, 0.15) is 45.0 Å². The summed E-state index contributed by atoms with van der Waals surface area (Å²) in [6, 6.07) is 3.47. The van der Waals surface area contributed by atoms with Crippen molar-refractivity contribution in [3.05, 3.63) is 30.1 Å². The summed E-state index contributed by atoms with van der Waals surface area (Å²) < 4.78 is 0. The van der Waals surface area contributed by atoms with Crippen LogP contribution in [0.15, 0.2) is 24.5 Å². The molecular weight excluding hydrogens is 188 g/mol. The molecule has 0 radical (unpaired) electrons. The number of aromatic nitrogens is 1. The van der Waals surface area contributed by atoms with E-state index in [1.807, 2.05) is 34.6 Å². The average molecular weight is 210 g/mol. The van der Waals surface area contributed by atoms with Crippen LogP contribution in [0.25, 0.3) is 0 Å². The first-order valence-corrected chi connectivity index (χ1v) is 5.53. The summed E-state index contributed by atoms with van der Waals surface area (Å²) in [4.78, 5) is 14.9. The van der Waals surface area contributed by atoms with Gasteiger partial charge in [-0.2, -0.15) is 0 Å². The molecule has 0 bridgehead atoms. The number of carbonyl (C=O) groups excluding carboxylic acids is 1. The maximum Gasteiger partial charge on any atom is 0.252 e. The average Bonchev–Trinajstić information content (AvgIpc) is 2.36. The van der Waals surface area contributed by atoms with E-state index in [4.69, 9.17) is 0 Å². The van der Waals surface area contributed by atoms with Gasteiger partial charge in [-0.25, -0.2) is 0 Å². The predicted octanol–water partition coefficient (Wildman–Crippen LogP) is 2.88. The Labute approximate surface area is 92.9 Å². The summed E-state index contributed by atoms with van der Waals surface area (Å²) in [5.74, 6) is -0.0689. The number of pyridine rings is 1. The van der Waals surface area contributed by atoms with Crippen LogP contribution in [-0.4, -0.2) is 17.4 Å². The Morgan fingerprint density at radius 3 is 2.33 bits per heavy atom. The van der Waals surface area contributed by atoms with E-state index in [2.05, 4.69) is 10.3 Å². The Kier molecular flexibility index (Phi) is 13.5. The van der Waals surface area contributed by atoms with E-state index in [1.54, 1.807) is 24.5 Å². The SMILES string of the molecule is CC.CC.CCNC(=O)c1cccnc1. The first-order valence-electron chi connectivity index (χ1n) is 5.53. The molecule has 0 aromatic carbocycles. The molecule has 0 aliphatic rings. The summed E-state index contributed by atoms with van der Waals surface area (Å²) >= 11 is 0. The van der Waals surface area contributed by atoms with E-state index in [0.717, 1.165) is 0 Å². The Morgan fingerprint density at radius 1 is 1.33 bits per heavy atom. The smallest absolute Gasteiger partial charge is 0.252 e. The third kappa shape index (κ3) is 7.67. The van der Waals surface area contributed by atoms with Gasteiger partial charge in [0.1, 0.15) is 0 Å². The van der Waals surface area contributed by atoms with E-state index >= 15 is 0 Å². The zero-order valence-electron chi connectivity index (χ0n) is 10.4. The molecule has 0 unspecified atom stereocenters. The van der Waals surface area contributed by atoms with E-state index in [-0.39, 0.29) is 5.91 Å². The predicted molar refractivity (Wildman–Crippen MR) is 64.9 cm³/mol. The second-order valence-corrected chi connectivity index (χ2v) is 2.10. The summed E-state index contributed by atoms with van der Waals surface area (Å²) in [7, 11) is 0. The van der Waals surface area contributed by atoms with Crippen molar-refractivity contribution in [2.24, 2.45) is 0 Å². The lowest BCUT2D eigenvalue weighted by molar-refractivity contribution is 0.0955. The van der Waals surface area contributed by atoms with Crippen LogP contribution in [0.4, 0.5) is 0 Å². The topological polar surface area (TPSA) is 42.0 Å². The fourth-order valence-corrected chi connectivity index (χ4v) is 0.760. The molecule has 0 saturated heterocycles. The summed E-state index contributed by atoms with van der Waals surface area (Å²) in [5.41, 5.74) is 0.606. The fourth-order valence-electron chi connectivity index (χ4n) is 0.760. The van der Waals surface area contributed by atoms with E-state index in [9.17, 15) is 4.79 Å². The first-order chi connectivity index (χ1) is 7.34.